The summed E-state index contributed by atoms with van der Waals surface area (Å²) in [4.78, 5) is 16.4. The van der Waals surface area contributed by atoms with Gasteiger partial charge in [0.15, 0.2) is 12.0 Å². The smallest absolute Gasteiger partial charge is 0.300 e. The van der Waals surface area contributed by atoms with Gasteiger partial charge in [0.1, 0.15) is 17.9 Å². The molecule has 4 atom stereocenters. The lowest BCUT2D eigenvalue weighted by molar-refractivity contribution is -0.121. The molecule has 3 heterocycles. The second-order valence-corrected chi connectivity index (χ2v) is 4.81. The number of nitrogens with zero attached hydrogens (tertiary/aromatic N) is 2. The minimum atomic E-state index is -1.04. The van der Waals surface area contributed by atoms with Gasteiger partial charge in [-0.05, 0) is 0 Å². The number of methoxy groups -OCH3 is 1. The molecule has 20 heavy (non-hydrogen) atoms. The van der Waals surface area contributed by atoms with Crippen molar-refractivity contribution in [1.29, 1.82) is 0 Å². The monoisotopic (exact) mass is 284 g/mol. The van der Waals surface area contributed by atoms with Gasteiger partial charge in [-0.1, -0.05) is 0 Å². The third kappa shape index (κ3) is 1.82. The Morgan fingerprint density at radius 2 is 2.20 bits per heavy atom. The van der Waals surface area contributed by atoms with Crippen LogP contribution in [0.15, 0.2) is 4.79 Å². The maximum Gasteiger partial charge on any atom is 0.300 e. The van der Waals surface area contributed by atoms with Gasteiger partial charge in [0, 0.05) is 7.05 Å². The molecule has 1 aromatic rings. The average molecular weight is 284 g/mol. The van der Waals surface area contributed by atoms with E-state index in [-0.39, 0.29) is 23.9 Å². The summed E-state index contributed by atoms with van der Waals surface area (Å²) in [5, 5.41) is 25.4. The number of aliphatic hydroxyl groups is 2. The maximum atomic E-state index is 12.2. The highest BCUT2D eigenvalue weighted by molar-refractivity contribution is 5.67. The Hall–Kier alpha value is -1.84. The number of fused-ring (bicyclic) bond motifs is 2. The van der Waals surface area contributed by atoms with Crippen LogP contribution in [0.5, 0.6) is 6.01 Å². The van der Waals surface area contributed by atoms with E-state index >= 15 is 0 Å². The quantitative estimate of drug-likeness (QED) is 0.471. The molecule has 0 aliphatic carbocycles. The van der Waals surface area contributed by atoms with Gasteiger partial charge in [-0.3, -0.25) is 9.36 Å². The summed E-state index contributed by atoms with van der Waals surface area (Å²) in [7, 11) is 2.95. The Kier molecular flexibility index (Phi) is 3.04. The number of aliphatic hydroxyl groups excluding tert-OH is 2. The fourth-order valence-electron chi connectivity index (χ4n) is 2.42. The van der Waals surface area contributed by atoms with E-state index in [1.54, 1.807) is 0 Å². The minimum absolute atomic E-state index is 0.00826. The van der Waals surface area contributed by atoms with Crippen LogP contribution in [0.25, 0.3) is 0 Å². The Morgan fingerprint density at radius 3 is 2.90 bits per heavy atom. The largest absolute Gasteiger partial charge is 0.468 e. The predicted octanol–water partition coefficient (Wildman–Crippen LogP) is -1.93. The highest BCUT2D eigenvalue weighted by Crippen LogP contribution is 2.29. The zero-order valence-electron chi connectivity index (χ0n) is 11.0. The van der Waals surface area contributed by atoms with Crippen LogP contribution in [0.2, 0.25) is 0 Å². The van der Waals surface area contributed by atoms with Gasteiger partial charge in [0.05, 0.1) is 19.8 Å². The van der Waals surface area contributed by atoms with Crippen molar-refractivity contribution >= 4 is 11.5 Å². The Balaban J connectivity index is 2.03. The summed E-state index contributed by atoms with van der Waals surface area (Å²) in [6.45, 7) is 0.00826. The summed E-state index contributed by atoms with van der Waals surface area (Å²) >= 11 is 0. The van der Waals surface area contributed by atoms with E-state index in [1.165, 1.54) is 18.7 Å². The summed E-state index contributed by atoms with van der Waals surface area (Å²) in [6.07, 6.45) is -2.62. The first kappa shape index (κ1) is 13.2. The molecule has 1 saturated heterocycles. The summed E-state index contributed by atoms with van der Waals surface area (Å²) in [5.74, 6) is 0.301. The van der Waals surface area contributed by atoms with Crippen molar-refractivity contribution in [2.45, 2.75) is 24.5 Å². The Labute approximate surface area is 114 Å². The molecule has 0 unspecified atom stereocenters. The van der Waals surface area contributed by atoms with Gasteiger partial charge < -0.3 is 30.3 Å². The second kappa shape index (κ2) is 4.62. The second-order valence-electron chi connectivity index (χ2n) is 4.81. The Bertz CT molecular complexity index is 589. The molecular formula is C11H16N4O5. The third-order valence-corrected chi connectivity index (χ3v) is 3.56. The van der Waals surface area contributed by atoms with E-state index in [9.17, 15) is 15.0 Å². The number of rotatable bonds is 1. The predicted molar refractivity (Wildman–Crippen MR) is 68.8 cm³/mol. The molecule has 0 bridgehead atoms. The lowest BCUT2D eigenvalue weighted by Crippen LogP contribution is -2.61. The van der Waals surface area contributed by atoms with Crippen molar-refractivity contribution in [3.63, 3.8) is 0 Å². The van der Waals surface area contributed by atoms with Crippen molar-refractivity contribution in [2.75, 3.05) is 24.4 Å². The van der Waals surface area contributed by atoms with Crippen LogP contribution in [0.1, 0.15) is 0 Å². The van der Waals surface area contributed by atoms with Gasteiger partial charge in [0.2, 0.25) is 0 Å². The SMILES string of the molecule is COc1nc2c(c(=O)n1C)N[C@H]1[C@@H](O)[C@@H](O)CO[C@H]1N2. The third-order valence-electron chi connectivity index (χ3n) is 3.56. The van der Waals surface area contributed by atoms with Gasteiger partial charge in [-0.25, -0.2) is 0 Å². The van der Waals surface area contributed by atoms with Crippen LogP contribution >= 0.6 is 0 Å². The van der Waals surface area contributed by atoms with Crippen LogP contribution in [-0.4, -0.2) is 58.0 Å². The molecular weight excluding hydrogens is 268 g/mol. The first-order chi connectivity index (χ1) is 9.52. The molecule has 110 valence electrons. The standard InChI is InChI=1S/C11H16N4O5/c1-15-10(18)6-8(14-11(15)19-2)13-9-5(12-6)7(17)4(16)3-20-9/h4-5,7,9,12-13,16-17H,3H2,1-2H3/t4-,5-,7-,9+/m0/s1. The molecule has 1 fully saturated rings. The van der Waals surface area contributed by atoms with E-state index in [4.69, 9.17) is 9.47 Å². The minimum Gasteiger partial charge on any atom is -0.468 e. The molecule has 0 radical (unpaired) electrons. The molecule has 4 N–H and O–H groups in total. The molecule has 0 saturated carbocycles. The van der Waals surface area contributed by atoms with E-state index in [0.29, 0.717) is 5.82 Å². The fourth-order valence-corrected chi connectivity index (χ4v) is 2.42. The highest BCUT2D eigenvalue weighted by Gasteiger charge is 2.43. The van der Waals surface area contributed by atoms with Crippen LogP contribution in [0, 0.1) is 0 Å². The van der Waals surface area contributed by atoms with E-state index < -0.39 is 24.5 Å². The van der Waals surface area contributed by atoms with Gasteiger partial charge in [-0.2, -0.15) is 4.98 Å². The van der Waals surface area contributed by atoms with Gasteiger partial charge in [-0.15, -0.1) is 0 Å². The van der Waals surface area contributed by atoms with Crippen molar-refractivity contribution in [2.24, 2.45) is 7.05 Å². The van der Waals surface area contributed by atoms with Crippen LogP contribution in [0.3, 0.4) is 0 Å². The summed E-state index contributed by atoms with van der Waals surface area (Å²) in [6, 6.07) is -0.466. The first-order valence-electron chi connectivity index (χ1n) is 6.18. The topological polar surface area (TPSA) is 118 Å². The molecule has 0 spiro atoms. The summed E-state index contributed by atoms with van der Waals surface area (Å²) < 4.78 is 11.7. The number of hydrogen-bond donors (Lipinski definition) is 4. The van der Waals surface area contributed by atoms with Gasteiger partial charge in [0.25, 0.3) is 5.56 Å². The van der Waals surface area contributed by atoms with Crippen LogP contribution < -0.4 is 20.9 Å². The molecule has 3 rings (SSSR count). The van der Waals surface area contributed by atoms with Crippen molar-refractivity contribution in [3.8, 4) is 6.01 Å². The lowest BCUT2D eigenvalue weighted by Gasteiger charge is -2.42. The van der Waals surface area contributed by atoms with Crippen molar-refractivity contribution < 1.29 is 19.7 Å². The van der Waals surface area contributed by atoms with E-state index in [0.717, 1.165) is 0 Å². The number of nitrogens with one attached hydrogen (secondary N) is 2. The molecule has 0 amide bonds. The molecule has 2 aliphatic rings. The highest BCUT2D eigenvalue weighted by atomic mass is 16.5. The molecule has 1 aromatic heterocycles. The lowest BCUT2D eigenvalue weighted by atomic mass is 9.99. The van der Waals surface area contributed by atoms with Gasteiger partial charge >= 0.3 is 6.01 Å². The zero-order chi connectivity index (χ0) is 14.4. The van der Waals surface area contributed by atoms with Crippen molar-refractivity contribution in [3.05, 3.63) is 10.4 Å². The molecule has 9 nitrogen and oxygen atoms in total. The normalized spacial score (nSPS) is 31.6. The summed E-state index contributed by atoms with van der Waals surface area (Å²) in [5.41, 5.74) is -0.128. The van der Waals surface area contributed by atoms with Crippen LogP contribution in [-0.2, 0) is 11.8 Å². The Morgan fingerprint density at radius 1 is 1.45 bits per heavy atom. The van der Waals surface area contributed by atoms with Crippen LogP contribution in [0.4, 0.5) is 11.5 Å². The molecule has 2 aliphatic heterocycles. The fraction of sp³-hybridized carbons (Fsp3) is 0.636. The average Bonchev–Trinajstić information content (AvgIpc) is 2.46. The number of hydrogen-bond acceptors (Lipinski definition) is 8. The number of aromatic nitrogens is 2. The van der Waals surface area contributed by atoms with E-state index in [2.05, 4.69) is 15.6 Å². The first-order valence-corrected chi connectivity index (χ1v) is 6.18. The number of anilines is 2. The van der Waals surface area contributed by atoms with E-state index in [1.807, 2.05) is 0 Å². The van der Waals surface area contributed by atoms with Crippen molar-refractivity contribution in [1.82, 2.24) is 9.55 Å². The number of ether oxygens (including phenoxy) is 2. The molecule has 0 aromatic carbocycles. The maximum absolute atomic E-state index is 12.2. The molecule has 9 heteroatoms. The zero-order valence-corrected chi connectivity index (χ0v) is 11.0.